The molecule has 0 rings (SSSR count). The van der Waals surface area contributed by atoms with E-state index in [0.717, 1.165) is 83.5 Å². The van der Waals surface area contributed by atoms with Crippen LogP contribution in [0.5, 0.6) is 0 Å². The number of ether oxygens (including phenoxy) is 2. The van der Waals surface area contributed by atoms with E-state index in [1.165, 1.54) is 19.3 Å². The number of ketones is 1. The van der Waals surface area contributed by atoms with Crippen molar-refractivity contribution in [3.8, 4) is 0 Å². The normalized spacial score (nSPS) is 14.1. The van der Waals surface area contributed by atoms with Crippen LogP contribution in [-0.4, -0.2) is 75.8 Å². The van der Waals surface area contributed by atoms with E-state index < -0.39 is 32.5 Å². The van der Waals surface area contributed by atoms with Gasteiger partial charge in [0.15, 0.2) is 11.9 Å². The van der Waals surface area contributed by atoms with Crippen LogP contribution in [0.4, 0.5) is 0 Å². The zero-order valence-electron chi connectivity index (χ0n) is 35.1. The van der Waals surface area contributed by atoms with E-state index >= 15 is 0 Å². The summed E-state index contributed by atoms with van der Waals surface area (Å²) in [5.41, 5.74) is 0. The molecule has 0 aromatic rings. The van der Waals surface area contributed by atoms with Crippen molar-refractivity contribution in [1.29, 1.82) is 0 Å². The van der Waals surface area contributed by atoms with Crippen LogP contribution < -0.4 is 4.89 Å². The fraction of sp³-hybridized carbons (Fsp3) is 0.705. The van der Waals surface area contributed by atoms with Gasteiger partial charge in [0.1, 0.15) is 19.8 Å². The second kappa shape index (κ2) is 35.8. The minimum Gasteiger partial charge on any atom is -0.756 e. The highest BCUT2D eigenvalue weighted by Gasteiger charge is 2.21. The first-order valence-electron chi connectivity index (χ1n) is 20.9. The molecule has 11 heteroatoms. The highest BCUT2D eigenvalue weighted by Crippen LogP contribution is 2.38. The molecule has 0 amide bonds. The first-order valence-corrected chi connectivity index (χ1v) is 22.4. The van der Waals surface area contributed by atoms with E-state index in [9.17, 15) is 23.8 Å². The number of rotatable bonds is 37. The first-order chi connectivity index (χ1) is 26.4. The Morgan fingerprint density at radius 3 is 1.85 bits per heavy atom. The number of carbonyl (C=O) groups excluding carboxylic acids is 3. The number of unbranched alkanes of at least 4 members (excludes halogenated alkanes) is 12. The lowest BCUT2D eigenvalue weighted by Crippen LogP contribution is -2.37. The van der Waals surface area contributed by atoms with Gasteiger partial charge in [-0.1, -0.05) is 120 Å². The lowest BCUT2D eigenvalue weighted by Gasteiger charge is -2.28. The number of quaternary nitrogens is 1. The molecule has 0 saturated carbocycles. The molecule has 0 aliphatic heterocycles. The number of hydrogen-bond donors (Lipinski definition) is 0. The molecule has 0 N–H and O–H groups in total. The molecule has 2 atom stereocenters. The maximum absolute atomic E-state index is 12.6. The number of phosphoric acid groups is 1. The van der Waals surface area contributed by atoms with Gasteiger partial charge in [0, 0.05) is 19.3 Å². The summed E-state index contributed by atoms with van der Waals surface area (Å²) in [5, 5.41) is 0. The van der Waals surface area contributed by atoms with Gasteiger partial charge in [-0.2, -0.15) is 0 Å². The highest BCUT2D eigenvalue weighted by molar-refractivity contribution is 7.45. The van der Waals surface area contributed by atoms with Crippen molar-refractivity contribution in [3.63, 3.8) is 0 Å². The number of likely N-dealkylation sites (N-methyl/N-ethyl adjacent to an activating group) is 1. The zero-order valence-corrected chi connectivity index (χ0v) is 36.0. The predicted octanol–water partition coefficient (Wildman–Crippen LogP) is 10.2. The van der Waals surface area contributed by atoms with Crippen molar-refractivity contribution < 1.29 is 46.8 Å². The summed E-state index contributed by atoms with van der Waals surface area (Å²) in [6, 6.07) is 0. The minimum atomic E-state index is -4.66. The van der Waals surface area contributed by atoms with Gasteiger partial charge >= 0.3 is 11.9 Å². The monoisotopic (exact) mass is 794 g/mol. The van der Waals surface area contributed by atoms with E-state index in [1.807, 2.05) is 33.3 Å². The van der Waals surface area contributed by atoms with Crippen LogP contribution in [0.1, 0.15) is 149 Å². The van der Waals surface area contributed by atoms with Gasteiger partial charge in [-0.25, -0.2) is 0 Å². The van der Waals surface area contributed by atoms with Crippen molar-refractivity contribution in [2.45, 2.75) is 155 Å². The average Bonchev–Trinajstić information content (AvgIpc) is 3.12. The maximum Gasteiger partial charge on any atom is 0.306 e. The quantitative estimate of drug-likeness (QED) is 0.0115. The minimum absolute atomic E-state index is 0.0568. The van der Waals surface area contributed by atoms with Crippen LogP contribution in [0.2, 0.25) is 0 Å². The van der Waals surface area contributed by atoms with Gasteiger partial charge in [0.05, 0.1) is 27.7 Å². The van der Waals surface area contributed by atoms with Crippen LogP contribution in [0.3, 0.4) is 0 Å². The molecule has 0 saturated heterocycles. The molecule has 0 heterocycles. The predicted molar refractivity (Wildman–Crippen MR) is 222 cm³/mol. The van der Waals surface area contributed by atoms with Crippen LogP contribution in [0.15, 0.2) is 60.8 Å². The van der Waals surface area contributed by atoms with Crippen LogP contribution in [-0.2, 0) is 37.5 Å². The Labute approximate surface area is 334 Å². The van der Waals surface area contributed by atoms with Crippen LogP contribution in [0, 0.1) is 0 Å². The van der Waals surface area contributed by atoms with Crippen molar-refractivity contribution in [1.82, 2.24) is 0 Å². The van der Waals surface area contributed by atoms with E-state index in [2.05, 4.69) is 56.4 Å². The summed E-state index contributed by atoms with van der Waals surface area (Å²) in [7, 11) is 1.07. The smallest absolute Gasteiger partial charge is 0.306 e. The Bertz CT molecular complexity index is 1190. The summed E-state index contributed by atoms with van der Waals surface area (Å²) in [4.78, 5) is 49.5. The van der Waals surface area contributed by atoms with Gasteiger partial charge in [-0.15, -0.1) is 0 Å². The van der Waals surface area contributed by atoms with Gasteiger partial charge in [0.25, 0.3) is 7.82 Å². The summed E-state index contributed by atoms with van der Waals surface area (Å²) in [5.74, 6) is -0.833. The Morgan fingerprint density at radius 2 is 1.20 bits per heavy atom. The number of phosphoric ester groups is 1. The second-order valence-electron chi connectivity index (χ2n) is 15.0. The maximum atomic E-state index is 12.6. The first kappa shape index (κ1) is 52.4. The average molecular weight is 794 g/mol. The standard InChI is InChI=1S/C44H76NO9P/c1-6-8-10-12-14-15-16-17-18-19-20-21-23-27-32-36-44(48)54-42(40-53-55(49,50)52-38-37-45(3,4)5)39-51-43(47)35-31-28-24-26-30-34-41(46)33-29-25-22-13-11-9-7-2/h8,10,14-15,17-18,22,25,29,33,42H,6-7,9,11-13,16,19-21,23-24,26-28,30-32,34-40H2,1-5H3/b10-8-,15-14-,18-17-,25-22-,33-29+/t42-/m1/s1. The number of hydrogen-bond acceptors (Lipinski definition) is 9. The van der Waals surface area contributed by atoms with Gasteiger partial charge in [-0.05, 0) is 70.3 Å². The molecule has 0 aromatic carbocycles. The molecule has 0 bridgehead atoms. The molecule has 0 fully saturated rings. The summed E-state index contributed by atoms with van der Waals surface area (Å²) < 4.78 is 33.7. The Balaban J connectivity index is 4.51. The van der Waals surface area contributed by atoms with E-state index in [0.29, 0.717) is 30.3 Å². The van der Waals surface area contributed by atoms with E-state index in [4.69, 9.17) is 18.5 Å². The molecule has 0 radical (unpaired) electrons. The number of nitrogens with zero attached hydrogens (tertiary/aromatic N) is 1. The summed E-state index contributed by atoms with van der Waals surface area (Å²) >= 11 is 0. The van der Waals surface area contributed by atoms with Crippen LogP contribution in [0.25, 0.3) is 0 Å². The topological polar surface area (TPSA) is 128 Å². The number of allylic oxidation sites excluding steroid dienone is 10. The Kier molecular flexibility index (Phi) is 34.1. The SMILES string of the molecule is CC/C=C\C/C=C\C/C=C\CCCCCCCC(=O)O[C@H](COC(=O)CCCCCCCC(=O)/C=C/C=C\CCCCC)COP(=O)([O-])OCC[N+](C)(C)C. The van der Waals surface area contributed by atoms with E-state index in [1.54, 1.807) is 6.08 Å². The third kappa shape index (κ3) is 39.4. The summed E-state index contributed by atoms with van der Waals surface area (Å²) in [6.07, 6.45) is 37.8. The summed E-state index contributed by atoms with van der Waals surface area (Å²) in [6.45, 7) is 3.88. The molecule has 0 spiro atoms. The van der Waals surface area contributed by atoms with Gasteiger partial charge in [0.2, 0.25) is 0 Å². The molecule has 0 aromatic heterocycles. The molecular formula is C44H76NO9P. The molecule has 10 nitrogen and oxygen atoms in total. The number of carbonyl (C=O) groups is 3. The lowest BCUT2D eigenvalue weighted by atomic mass is 10.1. The van der Waals surface area contributed by atoms with Gasteiger partial charge < -0.3 is 27.9 Å². The molecule has 0 aliphatic carbocycles. The lowest BCUT2D eigenvalue weighted by molar-refractivity contribution is -0.870. The Morgan fingerprint density at radius 1 is 0.636 bits per heavy atom. The molecule has 316 valence electrons. The van der Waals surface area contributed by atoms with Crippen LogP contribution >= 0.6 is 7.82 Å². The van der Waals surface area contributed by atoms with Crippen molar-refractivity contribution >= 4 is 25.5 Å². The Hall–Kier alpha value is -2.62. The van der Waals surface area contributed by atoms with Crippen molar-refractivity contribution in [3.05, 3.63) is 60.8 Å². The third-order valence-electron chi connectivity index (χ3n) is 8.50. The largest absolute Gasteiger partial charge is 0.756 e. The zero-order chi connectivity index (χ0) is 40.9. The third-order valence-corrected chi connectivity index (χ3v) is 9.46. The number of esters is 2. The fourth-order valence-electron chi connectivity index (χ4n) is 5.18. The van der Waals surface area contributed by atoms with E-state index in [-0.39, 0.29) is 31.8 Å². The second-order valence-corrected chi connectivity index (χ2v) is 16.4. The van der Waals surface area contributed by atoms with Crippen molar-refractivity contribution in [2.75, 3.05) is 47.5 Å². The molecule has 1 unspecified atom stereocenters. The van der Waals surface area contributed by atoms with Gasteiger partial charge in [-0.3, -0.25) is 18.9 Å². The molecular weight excluding hydrogens is 717 g/mol. The molecule has 55 heavy (non-hydrogen) atoms. The molecule has 0 aliphatic rings. The highest BCUT2D eigenvalue weighted by atomic mass is 31.2. The fourth-order valence-corrected chi connectivity index (χ4v) is 5.91. The van der Waals surface area contributed by atoms with Crippen molar-refractivity contribution in [2.24, 2.45) is 0 Å².